The van der Waals surface area contributed by atoms with E-state index in [1.54, 1.807) is 0 Å². The predicted octanol–water partition coefficient (Wildman–Crippen LogP) is 20.0. The van der Waals surface area contributed by atoms with Crippen molar-refractivity contribution < 1.29 is 23.8 Å². The van der Waals surface area contributed by atoms with Crippen molar-refractivity contribution in [1.82, 2.24) is 0 Å². The van der Waals surface area contributed by atoms with E-state index < -0.39 is 6.10 Å². The largest absolute Gasteiger partial charge is 0.463 e. The van der Waals surface area contributed by atoms with Crippen molar-refractivity contribution in [3.8, 4) is 0 Å². The summed E-state index contributed by atoms with van der Waals surface area (Å²) in [6, 6.07) is 0. The van der Waals surface area contributed by atoms with Crippen LogP contribution >= 0.6 is 0 Å². The molecule has 0 unspecified atom stereocenters. The van der Waals surface area contributed by atoms with Gasteiger partial charge in [-0.2, -0.15) is 0 Å². The van der Waals surface area contributed by atoms with Crippen LogP contribution in [0.2, 0.25) is 0 Å². The first-order valence-corrected chi connectivity index (χ1v) is 29.1. The zero-order valence-electron chi connectivity index (χ0n) is 45.1. The van der Waals surface area contributed by atoms with E-state index in [9.17, 15) is 9.59 Å². The molecule has 0 saturated carbocycles. The predicted molar refractivity (Wildman–Crippen MR) is 297 cm³/mol. The van der Waals surface area contributed by atoms with E-state index in [4.69, 9.17) is 14.2 Å². The fourth-order valence-corrected chi connectivity index (χ4v) is 8.07. The van der Waals surface area contributed by atoms with Gasteiger partial charge in [0.1, 0.15) is 19.3 Å². The van der Waals surface area contributed by atoms with Gasteiger partial charge in [0.05, 0.1) is 0 Å². The molecule has 0 N–H and O–H groups in total. The van der Waals surface area contributed by atoms with Crippen LogP contribution in [0.4, 0.5) is 0 Å². The molecule has 1 atom stereocenters. The van der Waals surface area contributed by atoms with Crippen LogP contribution < -0.4 is 0 Å². The fraction of sp³-hybridized carbons (Fsp3) is 0.746. The monoisotopic (exact) mass is 947 g/mol. The molecule has 0 saturated heterocycles. The first-order valence-electron chi connectivity index (χ1n) is 29.1. The highest BCUT2D eigenvalue weighted by Gasteiger charge is 2.16. The summed E-state index contributed by atoms with van der Waals surface area (Å²) < 4.78 is 17.5. The first-order chi connectivity index (χ1) is 33.6. The van der Waals surface area contributed by atoms with Crippen molar-refractivity contribution in [3.05, 3.63) is 85.1 Å². The van der Waals surface area contributed by atoms with Crippen molar-refractivity contribution in [2.24, 2.45) is 0 Å². The van der Waals surface area contributed by atoms with E-state index in [2.05, 4.69) is 106 Å². The van der Waals surface area contributed by atoms with E-state index >= 15 is 0 Å². The minimum Gasteiger partial charge on any atom is -0.463 e. The summed E-state index contributed by atoms with van der Waals surface area (Å²) in [6.45, 7) is 7.57. The molecule has 0 aromatic heterocycles. The zero-order chi connectivity index (χ0) is 49.2. The van der Waals surface area contributed by atoms with Gasteiger partial charge in [0.15, 0.2) is 0 Å². The Bertz CT molecular complexity index is 1250. The van der Waals surface area contributed by atoms with E-state index in [0.717, 1.165) is 96.3 Å². The third-order valence-corrected chi connectivity index (χ3v) is 12.5. The Hall–Kier alpha value is -2.92. The molecular weight excluding hydrogens is 837 g/mol. The van der Waals surface area contributed by atoms with Crippen LogP contribution in [0.1, 0.15) is 278 Å². The van der Waals surface area contributed by atoms with Crippen LogP contribution in [-0.4, -0.2) is 37.9 Å². The SMILES string of the molecule is CC/C=C\C/C=C\C/C=C\C/C=C\C/C=C\CCCCCC(=O)OC[C@H](COC(=O)CCCCCCCCC/C=C\C/C=C\CCCCC)OCCCCCCCCCCCCCCCCCC. The van der Waals surface area contributed by atoms with Crippen LogP contribution in [0.25, 0.3) is 0 Å². The van der Waals surface area contributed by atoms with Crippen molar-refractivity contribution in [2.45, 2.75) is 284 Å². The summed E-state index contributed by atoms with van der Waals surface area (Å²) in [4.78, 5) is 25.3. The smallest absolute Gasteiger partial charge is 0.305 e. The Labute approximate surface area is 422 Å². The molecule has 0 bridgehead atoms. The number of allylic oxidation sites excluding steroid dienone is 14. The standard InChI is InChI=1S/C63H110O5/c1-4-7-10-13-16-19-22-25-28-31-32-34-36-39-42-45-48-51-54-57-63(65)68-60-61(66-58-55-52-49-46-43-40-37-30-27-24-21-18-15-12-9-6-3)59-67-62(64)56-53-50-47-44-41-38-35-33-29-26-23-20-17-14-11-8-5-2/h7,10,16-17,19-20,25-26,28-29,32,34,39,42,61H,4-6,8-9,11-15,18,21-24,27,30-31,33,35-38,40-41,43-60H2,1-3H3/b10-7-,19-16-,20-17-,28-25-,29-26-,34-32-,42-39-/t61-/m0/s1. The van der Waals surface area contributed by atoms with E-state index in [-0.39, 0.29) is 25.2 Å². The van der Waals surface area contributed by atoms with Crippen molar-refractivity contribution in [1.29, 1.82) is 0 Å². The van der Waals surface area contributed by atoms with E-state index in [0.29, 0.717) is 19.4 Å². The molecule has 0 aliphatic rings. The average molecular weight is 948 g/mol. The maximum Gasteiger partial charge on any atom is 0.305 e. The molecule has 0 amide bonds. The Morgan fingerprint density at radius 1 is 0.324 bits per heavy atom. The van der Waals surface area contributed by atoms with Crippen LogP contribution in [-0.2, 0) is 23.8 Å². The highest BCUT2D eigenvalue weighted by Crippen LogP contribution is 2.15. The molecule has 0 spiro atoms. The van der Waals surface area contributed by atoms with Crippen molar-refractivity contribution in [3.63, 3.8) is 0 Å². The number of hydrogen-bond donors (Lipinski definition) is 0. The van der Waals surface area contributed by atoms with Gasteiger partial charge in [0, 0.05) is 19.4 Å². The molecule has 68 heavy (non-hydrogen) atoms. The highest BCUT2D eigenvalue weighted by atomic mass is 16.6. The van der Waals surface area contributed by atoms with Crippen molar-refractivity contribution in [2.75, 3.05) is 19.8 Å². The van der Waals surface area contributed by atoms with Crippen LogP contribution in [0, 0.1) is 0 Å². The molecule has 5 nitrogen and oxygen atoms in total. The van der Waals surface area contributed by atoms with Crippen LogP contribution in [0.5, 0.6) is 0 Å². The number of esters is 2. The summed E-state index contributed by atoms with van der Waals surface area (Å²) in [5.74, 6) is -0.373. The van der Waals surface area contributed by atoms with E-state index in [1.807, 2.05) is 0 Å². The third kappa shape index (κ3) is 55.7. The Balaban J connectivity index is 4.33. The molecule has 0 aliphatic heterocycles. The molecule has 0 aromatic rings. The Morgan fingerprint density at radius 3 is 0.985 bits per heavy atom. The number of carbonyl (C=O) groups excluding carboxylic acids is 2. The van der Waals surface area contributed by atoms with Crippen molar-refractivity contribution >= 4 is 11.9 Å². The second kappa shape index (κ2) is 58.4. The second-order valence-electron chi connectivity index (χ2n) is 19.2. The van der Waals surface area contributed by atoms with Crippen LogP contribution in [0.15, 0.2) is 85.1 Å². The van der Waals surface area contributed by atoms with Gasteiger partial charge in [-0.1, -0.05) is 254 Å². The summed E-state index contributed by atoms with van der Waals surface area (Å²) >= 11 is 0. The Morgan fingerprint density at radius 2 is 0.603 bits per heavy atom. The first kappa shape index (κ1) is 65.1. The Kier molecular flexibility index (Phi) is 55.9. The highest BCUT2D eigenvalue weighted by molar-refractivity contribution is 5.69. The van der Waals surface area contributed by atoms with Gasteiger partial charge in [-0.05, 0) is 96.3 Å². The summed E-state index contributed by atoms with van der Waals surface area (Å²) in [6.07, 6.45) is 77.6. The average Bonchev–Trinajstić information content (AvgIpc) is 3.34. The van der Waals surface area contributed by atoms with Gasteiger partial charge >= 0.3 is 11.9 Å². The summed E-state index contributed by atoms with van der Waals surface area (Å²) in [7, 11) is 0. The lowest BCUT2D eigenvalue weighted by Gasteiger charge is -2.18. The van der Waals surface area contributed by atoms with Gasteiger partial charge in [-0.3, -0.25) is 9.59 Å². The van der Waals surface area contributed by atoms with Gasteiger partial charge in [-0.15, -0.1) is 0 Å². The molecule has 0 aliphatic carbocycles. The lowest BCUT2D eigenvalue weighted by molar-refractivity contribution is -0.155. The molecule has 0 radical (unpaired) electrons. The van der Waals surface area contributed by atoms with Gasteiger partial charge < -0.3 is 14.2 Å². The van der Waals surface area contributed by atoms with Gasteiger partial charge in [0.2, 0.25) is 0 Å². The van der Waals surface area contributed by atoms with E-state index in [1.165, 1.54) is 148 Å². The normalized spacial score (nSPS) is 12.8. The number of rotatable bonds is 53. The topological polar surface area (TPSA) is 61.8 Å². The molecule has 0 heterocycles. The third-order valence-electron chi connectivity index (χ3n) is 12.5. The minimum absolute atomic E-state index is 0.136. The second-order valence-corrected chi connectivity index (χ2v) is 19.2. The number of carbonyl (C=O) groups is 2. The maximum atomic E-state index is 12.7. The van der Waals surface area contributed by atoms with Gasteiger partial charge in [0.25, 0.3) is 0 Å². The lowest BCUT2D eigenvalue weighted by atomic mass is 10.0. The molecular formula is C63H110O5. The molecule has 0 aromatic carbocycles. The molecule has 0 fully saturated rings. The quantitative estimate of drug-likeness (QED) is 0.0345. The number of hydrogen-bond acceptors (Lipinski definition) is 5. The minimum atomic E-state index is -0.420. The molecule has 392 valence electrons. The summed E-state index contributed by atoms with van der Waals surface area (Å²) in [5, 5.41) is 0. The van der Waals surface area contributed by atoms with Gasteiger partial charge in [-0.25, -0.2) is 0 Å². The molecule has 5 heteroatoms. The van der Waals surface area contributed by atoms with Crippen LogP contribution in [0.3, 0.4) is 0 Å². The zero-order valence-corrected chi connectivity index (χ0v) is 45.1. The summed E-state index contributed by atoms with van der Waals surface area (Å²) in [5.41, 5.74) is 0. The number of ether oxygens (including phenoxy) is 3. The molecule has 0 rings (SSSR count). The lowest BCUT2D eigenvalue weighted by Crippen LogP contribution is -2.29. The number of unbranched alkanes of at least 4 members (excludes halogenated alkanes) is 28. The fourth-order valence-electron chi connectivity index (χ4n) is 8.07. The maximum absolute atomic E-state index is 12.7.